The summed E-state index contributed by atoms with van der Waals surface area (Å²) in [6.45, 7) is 6.05. The van der Waals surface area contributed by atoms with Crippen LogP contribution in [-0.2, 0) is 11.3 Å². The van der Waals surface area contributed by atoms with Crippen molar-refractivity contribution in [3.63, 3.8) is 0 Å². The molecule has 1 aromatic carbocycles. The maximum absolute atomic E-state index is 5.76. The van der Waals surface area contributed by atoms with Crippen LogP contribution in [-0.4, -0.2) is 54.1 Å². The second-order valence-electron chi connectivity index (χ2n) is 5.16. The van der Waals surface area contributed by atoms with Crippen molar-refractivity contribution in [2.75, 3.05) is 39.5 Å². The number of rotatable bonds is 6. The molecular formula is C16H21N3O2. The molecule has 0 spiro atoms. The summed E-state index contributed by atoms with van der Waals surface area (Å²) >= 11 is 0. The van der Waals surface area contributed by atoms with E-state index in [9.17, 15) is 0 Å². The smallest absolute Gasteiger partial charge is 0.157 e. The summed E-state index contributed by atoms with van der Waals surface area (Å²) in [7, 11) is 0. The Kier molecular flexibility index (Phi) is 4.86. The minimum atomic E-state index is 0.691. The van der Waals surface area contributed by atoms with E-state index in [4.69, 9.17) is 9.47 Å². The monoisotopic (exact) mass is 287 g/mol. The zero-order chi connectivity index (χ0) is 14.3. The number of hydrogen-bond donors (Lipinski definition) is 0. The summed E-state index contributed by atoms with van der Waals surface area (Å²) in [4.78, 5) is 2.36. The average Bonchev–Trinajstić information content (AvgIpc) is 2.97. The number of ether oxygens (including phenoxy) is 2. The molecule has 1 saturated heterocycles. The van der Waals surface area contributed by atoms with Crippen LogP contribution in [0.2, 0.25) is 0 Å². The number of hydrogen-bond acceptors (Lipinski definition) is 4. The van der Waals surface area contributed by atoms with Crippen LogP contribution >= 0.6 is 0 Å². The SMILES string of the molecule is c1ccc(Cn2cc(OCCN3CCOCC3)cn2)cc1. The summed E-state index contributed by atoms with van der Waals surface area (Å²) < 4.78 is 13.0. The molecule has 21 heavy (non-hydrogen) atoms. The molecule has 2 aromatic rings. The summed E-state index contributed by atoms with van der Waals surface area (Å²) in [5, 5.41) is 4.33. The van der Waals surface area contributed by atoms with Crippen LogP contribution < -0.4 is 4.74 Å². The van der Waals surface area contributed by atoms with Gasteiger partial charge in [-0.2, -0.15) is 5.10 Å². The van der Waals surface area contributed by atoms with Crippen LogP contribution in [0.4, 0.5) is 0 Å². The van der Waals surface area contributed by atoms with Gasteiger partial charge in [-0.05, 0) is 5.56 Å². The fraction of sp³-hybridized carbons (Fsp3) is 0.438. The van der Waals surface area contributed by atoms with E-state index in [1.807, 2.05) is 29.1 Å². The third-order valence-electron chi connectivity index (χ3n) is 3.58. The Morgan fingerprint density at radius 3 is 2.76 bits per heavy atom. The fourth-order valence-electron chi connectivity index (χ4n) is 2.39. The van der Waals surface area contributed by atoms with E-state index in [0.29, 0.717) is 6.61 Å². The highest BCUT2D eigenvalue weighted by molar-refractivity contribution is 5.17. The minimum absolute atomic E-state index is 0.691. The van der Waals surface area contributed by atoms with Crippen molar-refractivity contribution in [1.82, 2.24) is 14.7 Å². The van der Waals surface area contributed by atoms with Gasteiger partial charge in [0.05, 0.1) is 32.2 Å². The van der Waals surface area contributed by atoms with Gasteiger partial charge in [0.15, 0.2) is 5.75 Å². The molecule has 1 aliphatic heterocycles. The first-order chi connectivity index (χ1) is 10.4. The van der Waals surface area contributed by atoms with Gasteiger partial charge in [0.1, 0.15) is 6.61 Å². The molecule has 0 N–H and O–H groups in total. The zero-order valence-corrected chi connectivity index (χ0v) is 12.1. The van der Waals surface area contributed by atoms with E-state index < -0.39 is 0 Å². The number of aromatic nitrogens is 2. The van der Waals surface area contributed by atoms with Crippen LogP contribution in [0.3, 0.4) is 0 Å². The Labute approximate surface area is 125 Å². The van der Waals surface area contributed by atoms with Crippen molar-refractivity contribution in [3.8, 4) is 5.75 Å². The molecular weight excluding hydrogens is 266 g/mol. The molecule has 1 aromatic heterocycles. The van der Waals surface area contributed by atoms with Gasteiger partial charge >= 0.3 is 0 Å². The lowest BCUT2D eigenvalue weighted by molar-refractivity contribution is 0.0322. The second kappa shape index (κ2) is 7.24. The first-order valence-corrected chi connectivity index (χ1v) is 7.39. The van der Waals surface area contributed by atoms with Gasteiger partial charge in [-0.3, -0.25) is 9.58 Å². The highest BCUT2D eigenvalue weighted by atomic mass is 16.5. The number of benzene rings is 1. The summed E-state index contributed by atoms with van der Waals surface area (Å²) in [5.41, 5.74) is 1.24. The molecule has 0 amide bonds. The highest BCUT2D eigenvalue weighted by Gasteiger charge is 2.10. The fourth-order valence-corrected chi connectivity index (χ4v) is 2.39. The predicted molar refractivity (Wildman–Crippen MR) is 80.5 cm³/mol. The molecule has 0 radical (unpaired) electrons. The van der Waals surface area contributed by atoms with Crippen molar-refractivity contribution in [2.24, 2.45) is 0 Å². The highest BCUT2D eigenvalue weighted by Crippen LogP contribution is 2.10. The minimum Gasteiger partial charge on any atom is -0.489 e. The van der Waals surface area contributed by atoms with Crippen LogP contribution in [0.15, 0.2) is 42.7 Å². The third-order valence-corrected chi connectivity index (χ3v) is 3.58. The molecule has 1 aliphatic rings. The molecule has 0 saturated carbocycles. The number of morpholine rings is 1. The average molecular weight is 287 g/mol. The number of nitrogens with zero attached hydrogens (tertiary/aromatic N) is 3. The Morgan fingerprint density at radius 2 is 1.95 bits per heavy atom. The summed E-state index contributed by atoms with van der Waals surface area (Å²) in [6, 6.07) is 10.3. The molecule has 0 aliphatic carbocycles. The molecule has 0 bridgehead atoms. The molecule has 5 nitrogen and oxygen atoms in total. The van der Waals surface area contributed by atoms with E-state index in [-0.39, 0.29) is 0 Å². The van der Waals surface area contributed by atoms with Crippen molar-refractivity contribution >= 4 is 0 Å². The second-order valence-corrected chi connectivity index (χ2v) is 5.16. The molecule has 112 valence electrons. The topological polar surface area (TPSA) is 39.5 Å². The zero-order valence-electron chi connectivity index (χ0n) is 12.1. The first kappa shape index (κ1) is 14.1. The standard InChI is InChI=1S/C16H21N3O2/c1-2-4-15(5-3-1)13-19-14-16(12-17-19)21-11-8-18-6-9-20-10-7-18/h1-5,12,14H,6-11,13H2. The lowest BCUT2D eigenvalue weighted by Crippen LogP contribution is -2.38. The maximum Gasteiger partial charge on any atom is 0.157 e. The molecule has 5 heteroatoms. The largest absolute Gasteiger partial charge is 0.489 e. The van der Waals surface area contributed by atoms with Crippen molar-refractivity contribution in [2.45, 2.75) is 6.54 Å². The Bertz CT molecular complexity index is 535. The maximum atomic E-state index is 5.76. The van der Waals surface area contributed by atoms with E-state index in [2.05, 4.69) is 22.1 Å². The molecule has 1 fully saturated rings. The van der Waals surface area contributed by atoms with E-state index >= 15 is 0 Å². The van der Waals surface area contributed by atoms with E-state index in [1.54, 1.807) is 6.20 Å². The van der Waals surface area contributed by atoms with Gasteiger partial charge in [-0.15, -0.1) is 0 Å². The van der Waals surface area contributed by atoms with Crippen LogP contribution in [0.25, 0.3) is 0 Å². The van der Waals surface area contributed by atoms with Gasteiger partial charge in [0.2, 0.25) is 0 Å². The molecule has 0 unspecified atom stereocenters. The summed E-state index contributed by atoms with van der Waals surface area (Å²) in [6.07, 6.45) is 3.73. The van der Waals surface area contributed by atoms with Crippen molar-refractivity contribution in [1.29, 1.82) is 0 Å². The summed E-state index contributed by atoms with van der Waals surface area (Å²) in [5.74, 6) is 0.833. The Balaban J connectivity index is 1.44. The first-order valence-electron chi connectivity index (χ1n) is 7.39. The molecule has 0 atom stereocenters. The van der Waals surface area contributed by atoms with Crippen LogP contribution in [0.5, 0.6) is 5.75 Å². The van der Waals surface area contributed by atoms with Crippen LogP contribution in [0, 0.1) is 0 Å². The quantitative estimate of drug-likeness (QED) is 0.810. The lowest BCUT2D eigenvalue weighted by atomic mass is 10.2. The van der Waals surface area contributed by atoms with Crippen molar-refractivity contribution in [3.05, 3.63) is 48.3 Å². The Hall–Kier alpha value is -1.85. The molecule has 3 rings (SSSR count). The van der Waals surface area contributed by atoms with Gasteiger partial charge in [-0.25, -0.2) is 0 Å². The van der Waals surface area contributed by atoms with Crippen molar-refractivity contribution < 1.29 is 9.47 Å². The van der Waals surface area contributed by atoms with Gasteiger partial charge < -0.3 is 9.47 Å². The normalized spacial score (nSPS) is 16.0. The van der Waals surface area contributed by atoms with E-state index in [0.717, 1.165) is 45.1 Å². The Morgan fingerprint density at radius 1 is 1.14 bits per heavy atom. The van der Waals surface area contributed by atoms with Gasteiger partial charge in [0.25, 0.3) is 0 Å². The van der Waals surface area contributed by atoms with Gasteiger partial charge in [-0.1, -0.05) is 30.3 Å². The predicted octanol–water partition coefficient (Wildman–Crippen LogP) is 1.64. The van der Waals surface area contributed by atoms with E-state index in [1.165, 1.54) is 5.56 Å². The van der Waals surface area contributed by atoms with Crippen LogP contribution in [0.1, 0.15) is 5.56 Å². The molecule has 2 heterocycles. The van der Waals surface area contributed by atoms with Gasteiger partial charge in [0, 0.05) is 19.6 Å². The lowest BCUT2D eigenvalue weighted by Gasteiger charge is -2.26. The third kappa shape index (κ3) is 4.31.